The SMILES string of the molecule is N#CCCc1ccc(-c2ncc(Cl)c(N=C(N)CC(=N)C3CC3)n2)cc1. The van der Waals surface area contributed by atoms with Crippen molar-refractivity contribution in [2.75, 3.05) is 0 Å². The van der Waals surface area contributed by atoms with Gasteiger partial charge < -0.3 is 11.1 Å². The second kappa shape index (κ2) is 8.07. The van der Waals surface area contributed by atoms with E-state index in [4.69, 9.17) is 28.0 Å². The third-order valence-corrected chi connectivity index (χ3v) is 4.42. The number of benzene rings is 1. The molecule has 3 N–H and O–H groups in total. The first-order chi connectivity index (χ1) is 12.6. The van der Waals surface area contributed by atoms with Crippen LogP contribution in [0.3, 0.4) is 0 Å². The zero-order chi connectivity index (χ0) is 18.5. The Hall–Kier alpha value is -2.78. The summed E-state index contributed by atoms with van der Waals surface area (Å²) in [6, 6.07) is 9.88. The van der Waals surface area contributed by atoms with Crippen LogP contribution in [0.5, 0.6) is 0 Å². The van der Waals surface area contributed by atoms with Gasteiger partial charge in [0.2, 0.25) is 0 Å². The zero-order valence-electron chi connectivity index (χ0n) is 14.2. The number of hydrogen-bond donors (Lipinski definition) is 2. The minimum atomic E-state index is 0.311. The average molecular weight is 367 g/mol. The molecule has 0 atom stereocenters. The molecule has 3 rings (SSSR count). The highest BCUT2D eigenvalue weighted by atomic mass is 35.5. The number of aryl methyl sites for hydroxylation is 1. The highest BCUT2D eigenvalue weighted by Gasteiger charge is 2.26. The van der Waals surface area contributed by atoms with E-state index in [-0.39, 0.29) is 0 Å². The predicted octanol–water partition coefficient (Wildman–Crippen LogP) is 4.06. The number of halogens is 1. The standard InChI is InChI=1S/C19H19ClN6/c20-15-11-24-18(14-5-3-12(4-6-14)2-1-9-21)26-19(15)25-17(23)10-16(22)13-7-8-13/h3-6,11,13,22H,1-2,7-8,10H2,(H2,23,24,25,26). The molecule has 26 heavy (non-hydrogen) atoms. The summed E-state index contributed by atoms with van der Waals surface area (Å²) in [4.78, 5) is 13.0. The molecule has 1 saturated carbocycles. The monoisotopic (exact) mass is 366 g/mol. The normalized spacial score (nSPS) is 14.1. The third-order valence-electron chi connectivity index (χ3n) is 4.15. The van der Waals surface area contributed by atoms with Crippen LogP contribution in [0.15, 0.2) is 35.5 Å². The third kappa shape index (κ3) is 4.64. The lowest BCUT2D eigenvalue weighted by Gasteiger charge is -2.06. The maximum absolute atomic E-state index is 8.66. The van der Waals surface area contributed by atoms with Crippen LogP contribution in [0.25, 0.3) is 11.4 Å². The summed E-state index contributed by atoms with van der Waals surface area (Å²) in [5.41, 5.74) is 8.50. The fraction of sp³-hybridized carbons (Fsp3) is 0.316. The molecule has 0 spiro atoms. The molecule has 1 aliphatic carbocycles. The number of amidine groups is 1. The largest absolute Gasteiger partial charge is 0.387 e. The Morgan fingerprint density at radius 1 is 1.35 bits per heavy atom. The molecule has 1 fully saturated rings. The maximum atomic E-state index is 8.66. The minimum Gasteiger partial charge on any atom is -0.387 e. The maximum Gasteiger partial charge on any atom is 0.176 e. The summed E-state index contributed by atoms with van der Waals surface area (Å²) in [5.74, 6) is 1.51. The Bertz CT molecular complexity index is 878. The lowest BCUT2D eigenvalue weighted by Crippen LogP contribution is -2.17. The highest BCUT2D eigenvalue weighted by molar-refractivity contribution is 6.32. The first-order valence-electron chi connectivity index (χ1n) is 8.46. The van der Waals surface area contributed by atoms with Gasteiger partial charge in [0.1, 0.15) is 10.9 Å². The van der Waals surface area contributed by atoms with Crippen LogP contribution in [0.4, 0.5) is 5.82 Å². The number of nitriles is 1. The molecule has 0 radical (unpaired) electrons. The van der Waals surface area contributed by atoms with Gasteiger partial charge in [0.15, 0.2) is 11.6 Å². The molecule has 1 heterocycles. The molecule has 0 aliphatic heterocycles. The minimum absolute atomic E-state index is 0.311. The van der Waals surface area contributed by atoms with Gasteiger partial charge in [-0.1, -0.05) is 35.9 Å². The van der Waals surface area contributed by atoms with Crippen LogP contribution in [-0.4, -0.2) is 21.5 Å². The quantitative estimate of drug-likeness (QED) is 0.568. The van der Waals surface area contributed by atoms with E-state index >= 15 is 0 Å². The molecule has 1 aromatic heterocycles. The lowest BCUT2D eigenvalue weighted by atomic mass is 10.1. The van der Waals surface area contributed by atoms with Crippen LogP contribution in [0.2, 0.25) is 5.02 Å². The van der Waals surface area contributed by atoms with Gasteiger partial charge in [-0.15, -0.1) is 0 Å². The molecular weight excluding hydrogens is 348 g/mol. The average Bonchev–Trinajstić information content (AvgIpc) is 3.47. The molecule has 0 saturated heterocycles. The molecule has 0 bridgehead atoms. The van der Waals surface area contributed by atoms with Gasteiger partial charge in [-0.3, -0.25) is 0 Å². The second-order valence-corrected chi connectivity index (χ2v) is 6.71. The van der Waals surface area contributed by atoms with E-state index in [1.165, 1.54) is 6.20 Å². The number of aliphatic imine (C=N–C) groups is 1. The second-order valence-electron chi connectivity index (χ2n) is 6.30. The Kier molecular flexibility index (Phi) is 5.59. The molecule has 1 aromatic carbocycles. The fourth-order valence-electron chi connectivity index (χ4n) is 2.54. The van der Waals surface area contributed by atoms with Gasteiger partial charge in [0.25, 0.3) is 0 Å². The van der Waals surface area contributed by atoms with Crippen LogP contribution < -0.4 is 5.73 Å². The van der Waals surface area contributed by atoms with Gasteiger partial charge >= 0.3 is 0 Å². The van der Waals surface area contributed by atoms with E-state index < -0.39 is 0 Å². The summed E-state index contributed by atoms with van der Waals surface area (Å²) < 4.78 is 0. The van der Waals surface area contributed by atoms with Crippen molar-refractivity contribution in [2.45, 2.75) is 32.1 Å². The smallest absolute Gasteiger partial charge is 0.176 e. The summed E-state index contributed by atoms with van der Waals surface area (Å²) in [5, 5.41) is 16.9. The van der Waals surface area contributed by atoms with Gasteiger partial charge in [-0.25, -0.2) is 15.0 Å². The van der Waals surface area contributed by atoms with E-state index in [1.54, 1.807) is 0 Å². The summed E-state index contributed by atoms with van der Waals surface area (Å²) in [6.07, 6.45) is 5.19. The molecule has 7 heteroatoms. The number of aromatic nitrogens is 2. The number of rotatable bonds is 7. The Labute approximate surface area is 157 Å². The molecule has 6 nitrogen and oxygen atoms in total. The molecule has 0 unspecified atom stereocenters. The topological polar surface area (TPSA) is 112 Å². The van der Waals surface area contributed by atoms with Crippen LogP contribution in [0.1, 0.15) is 31.2 Å². The summed E-state index contributed by atoms with van der Waals surface area (Å²) >= 11 is 6.15. The van der Waals surface area contributed by atoms with Crippen LogP contribution in [-0.2, 0) is 6.42 Å². The number of hydrogen-bond acceptors (Lipinski definition) is 5. The van der Waals surface area contributed by atoms with E-state index in [0.29, 0.717) is 47.0 Å². The first kappa shape index (κ1) is 18.0. The lowest BCUT2D eigenvalue weighted by molar-refractivity contribution is 1.01. The van der Waals surface area contributed by atoms with Crippen molar-refractivity contribution in [2.24, 2.45) is 16.6 Å². The molecule has 0 amide bonds. The van der Waals surface area contributed by atoms with Crippen molar-refractivity contribution >= 4 is 29.0 Å². The summed E-state index contributed by atoms with van der Waals surface area (Å²) in [7, 11) is 0. The van der Waals surface area contributed by atoms with Crippen molar-refractivity contribution in [3.8, 4) is 17.5 Å². The van der Waals surface area contributed by atoms with Crippen LogP contribution in [0, 0.1) is 22.7 Å². The van der Waals surface area contributed by atoms with E-state index in [1.807, 2.05) is 24.3 Å². The Balaban J connectivity index is 1.78. The Morgan fingerprint density at radius 3 is 2.73 bits per heavy atom. The van der Waals surface area contributed by atoms with Gasteiger partial charge in [0.05, 0.1) is 12.3 Å². The van der Waals surface area contributed by atoms with Crippen LogP contribution >= 0.6 is 11.6 Å². The van der Waals surface area contributed by atoms with E-state index in [9.17, 15) is 0 Å². The van der Waals surface area contributed by atoms with Gasteiger partial charge in [-0.05, 0) is 30.7 Å². The van der Waals surface area contributed by atoms with Crippen molar-refractivity contribution in [3.63, 3.8) is 0 Å². The van der Waals surface area contributed by atoms with Crippen molar-refractivity contribution in [3.05, 3.63) is 41.0 Å². The number of nitrogens with zero attached hydrogens (tertiary/aromatic N) is 4. The molecule has 2 aromatic rings. The van der Waals surface area contributed by atoms with Crippen molar-refractivity contribution in [1.82, 2.24) is 9.97 Å². The van der Waals surface area contributed by atoms with Crippen molar-refractivity contribution < 1.29 is 0 Å². The molecule has 132 valence electrons. The predicted molar refractivity (Wildman–Crippen MR) is 103 cm³/mol. The van der Waals surface area contributed by atoms with E-state index in [0.717, 1.165) is 30.4 Å². The zero-order valence-corrected chi connectivity index (χ0v) is 15.0. The van der Waals surface area contributed by atoms with Gasteiger partial charge in [0, 0.05) is 24.1 Å². The number of nitrogens with two attached hydrogens (primary N) is 1. The highest BCUT2D eigenvalue weighted by Crippen LogP contribution is 2.31. The van der Waals surface area contributed by atoms with E-state index in [2.05, 4.69) is 21.0 Å². The van der Waals surface area contributed by atoms with Crippen molar-refractivity contribution in [1.29, 1.82) is 10.7 Å². The first-order valence-corrected chi connectivity index (χ1v) is 8.83. The molecular formula is C19H19ClN6. The van der Waals surface area contributed by atoms with Gasteiger partial charge in [-0.2, -0.15) is 5.26 Å². The molecule has 1 aliphatic rings. The summed E-state index contributed by atoms with van der Waals surface area (Å²) in [6.45, 7) is 0. The Morgan fingerprint density at radius 2 is 2.08 bits per heavy atom. The number of nitrogens with one attached hydrogen (secondary N) is 1. The fourth-order valence-corrected chi connectivity index (χ4v) is 2.68.